The van der Waals surface area contributed by atoms with Crippen molar-refractivity contribution in [1.29, 1.82) is 0 Å². The van der Waals surface area contributed by atoms with Crippen LogP contribution in [0.1, 0.15) is 18.4 Å². The molecule has 1 aromatic carbocycles. The third kappa shape index (κ3) is 4.79. The Morgan fingerprint density at radius 1 is 1.56 bits per heavy atom. The molecule has 0 heterocycles. The first-order valence-electron chi connectivity index (χ1n) is 5.54. The minimum absolute atomic E-state index is 0.0889. The Labute approximate surface area is 104 Å². The molecule has 1 aromatic rings. The van der Waals surface area contributed by atoms with Crippen LogP contribution in [0.25, 0.3) is 0 Å². The lowest BCUT2D eigenvalue weighted by molar-refractivity contribution is -0.384. The number of rotatable bonds is 7. The second-order valence-corrected chi connectivity index (χ2v) is 3.80. The van der Waals surface area contributed by atoms with E-state index in [-0.39, 0.29) is 11.5 Å². The molecule has 0 spiro atoms. The number of amidine groups is 1. The fraction of sp³-hybridized carbons (Fsp3) is 0.364. The molecule has 7 heteroatoms. The molecule has 0 saturated heterocycles. The molecular weight excluding hydrogens is 236 g/mol. The van der Waals surface area contributed by atoms with Crippen LogP contribution in [-0.2, 0) is 6.54 Å². The van der Waals surface area contributed by atoms with Crippen LogP contribution in [0, 0.1) is 10.1 Å². The van der Waals surface area contributed by atoms with Crippen molar-refractivity contribution in [3.8, 4) is 0 Å². The normalized spacial score (nSPS) is 11.4. The highest BCUT2D eigenvalue weighted by atomic mass is 16.6. The van der Waals surface area contributed by atoms with Crippen LogP contribution in [0.15, 0.2) is 29.4 Å². The highest BCUT2D eigenvalue weighted by molar-refractivity contribution is 5.79. The number of nitro benzene ring substituents is 1. The standard InChI is InChI=1S/C11H16N4O3/c12-11(14-16)5-2-6-13-8-9-3-1-4-10(7-9)15(17)18/h1,3-4,7,13,16H,2,5-6,8H2,(H2,12,14). The smallest absolute Gasteiger partial charge is 0.269 e. The monoisotopic (exact) mass is 252 g/mol. The molecule has 0 unspecified atom stereocenters. The average Bonchev–Trinajstić information content (AvgIpc) is 2.38. The van der Waals surface area contributed by atoms with E-state index in [9.17, 15) is 10.1 Å². The van der Waals surface area contributed by atoms with Gasteiger partial charge in [-0.1, -0.05) is 17.3 Å². The van der Waals surface area contributed by atoms with Crippen LogP contribution in [0.3, 0.4) is 0 Å². The predicted molar refractivity (Wildman–Crippen MR) is 67.4 cm³/mol. The first-order valence-corrected chi connectivity index (χ1v) is 5.54. The van der Waals surface area contributed by atoms with Crippen LogP contribution in [-0.4, -0.2) is 22.5 Å². The second-order valence-electron chi connectivity index (χ2n) is 3.80. The summed E-state index contributed by atoms with van der Waals surface area (Å²) >= 11 is 0. The number of benzene rings is 1. The predicted octanol–water partition coefficient (Wildman–Crippen LogP) is 1.21. The molecule has 4 N–H and O–H groups in total. The van der Waals surface area contributed by atoms with E-state index in [2.05, 4.69) is 10.5 Å². The highest BCUT2D eigenvalue weighted by Crippen LogP contribution is 2.12. The summed E-state index contributed by atoms with van der Waals surface area (Å²) < 4.78 is 0. The molecule has 0 saturated carbocycles. The summed E-state index contributed by atoms with van der Waals surface area (Å²) in [6.45, 7) is 1.25. The van der Waals surface area contributed by atoms with Crippen molar-refractivity contribution >= 4 is 11.5 Å². The van der Waals surface area contributed by atoms with E-state index < -0.39 is 4.92 Å². The summed E-state index contributed by atoms with van der Waals surface area (Å²) in [5, 5.41) is 24.9. The van der Waals surface area contributed by atoms with E-state index >= 15 is 0 Å². The maximum atomic E-state index is 10.6. The van der Waals surface area contributed by atoms with Crippen molar-refractivity contribution in [2.24, 2.45) is 10.9 Å². The number of hydrogen-bond acceptors (Lipinski definition) is 5. The van der Waals surface area contributed by atoms with Crippen molar-refractivity contribution in [3.63, 3.8) is 0 Å². The minimum atomic E-state index is -0.415. The molecule has 0 fully saturated rings. The first kappa shape index (κ1) is 13.9. The van der Waals surface area contributed by atoms with Crippen molar-refractivity contribution in [2.75, 3.05) is 6.54 Å². The summed E-state index contributed by atoms with van der Waals surface area (Å²) in [6.07, 6.45) is 1.25. The van der Waals surface area contributed by atoms with Gasteiger partial charge in [-0.15, -0.1) is 0 Å². The van der Waals surface area contributed by atoms with Gasteiger partial charge in [0.15, 0.2) is 0 Å². The van der Waals surface area contributed by atoms with Crippen LogP contribution in [0.5, 0.6) is 0 Å². The van der Waals surface area contributed by atoms with Gasteiger partial charge in [0.2, 0.25) is 0 Å². The van der Waals surface area contributed by atoms with Gasteiger partial charge in [0, 0.05) is 25.1 Å². The van der Waals surface area contributed by atoms with Crippen molar-refractivity contribution in [1.82, 2.24) is 5.32 Å². The molecule has 18 heavy (non-hydrogen) atoms. The minimum Gasteiger partial charge on any atom is -0.409 e. The summed E-state index contributed by atoms with van der Waals surface area (Å²) in [4.78, 5) is 10.2. The zero-order chi connectivity index (χ0) is 13.4. The van der Waals surface area contributed by atoms with Crippen molar-refractivity contribution < 1.29 is 10.1 Å². The molecule has 0 aliphatic rings. The molecular formula is C11H16N4O3. The number of nitrogens with zero attached hydrogens (tertiary/aromatic N) is 2. The lowest BCUT2D eigenvalue weighted by Gasteiger charge is -2.04. The molecule has 0 bridgehead atoms. The number of non-ortho nitro benzene ring substituents is 1. The largest absolute Gasteiger partial charge is 0.409 e. The lowest BCUT2D eigenvalue weighted by Crippen LogP contribution is -2.18. The molecule has 0 amide bonds. The van der Waals surface area contributed by atoms with Gasteiger partial charge < -0.3 is 16.3 Å². The molecule has 1 rings (SSSR count). The van der Waals surface area contributed by atoms with E-state index in [1.165, 1.54) is 12.1 Å². The zero-order valence-corrected chi connectivity index (χ0v) is 9.87. The van der Waals surface area contributed by atoms with E-state index in [1.807, 2.05) is 6.07 Å². The molecule has 7 nitrogen and oxygen atoms in total. The Hall–Kier alpha value is -2.15. The average molecular weight is 252 g/mol. The third-order valence-corrected chi connectivity index (χ3v) is 2.37. The molecule has 0 atom stereocenters. The summed E-state index contributed by atoms with van der Waals surface area (Å²) in [5.41, 5.74) is 6.26. The highest BCUT2D eigenvalue weighted by Gasteiger charge is 2.04. The maximum Gasteiger partial charge on any atom is 0.269 e. The van der Waals surface area contributed by atoms with Gasteiger partial charge in [-0.05, 0) is 18.5 Å². The lowest BCUT2D eigenvalue weighted by atomic mass is 10.2. The molecule has 0 aromatic heterocycles. The van der Waals surface area contributed by atoms with Gasteiger partial charge in [-0.3, -0.25) is 10.1 Å². The van der Waals surface area contributed by atoms with Crippen molar-refractivity contribution in [3.05, 3.63) is 39.9 Å². The number of oxime groups is 1. The van der Waals surface area contributed by atoms with Crippen molar-refractivity contribution in [2.45, 2.75) is 19.4 Å². The van der Waals surface area contributed by atoms with E-state index in [0.29, 0.717) is 19.5 Å². The number of nitro groups is 1. The Morgan fingerprint density at radius 3 is 3.00 bits per heavy atom. The van der Waals surface area contributed by atoms with Gasteiger partial charge in [0.25, 0.3) is 5.69 Å². The summed E-state index contributed by atoms with van der Waals surface area (Å²) in [5.74, 6) is 0.201. The van der Waals surface area contributed by atoms with Gasteiger partial charge in [0.1, 0.15) is 5.84 Å². The molecule has 0 radical (unpaired) electrons. The Kier molecular flexibility index (Phi) is 5.59. The van der Waals surface area contributed by atoms with Gasteiger partial charge in [-0.2, -0.15) is 0 Å². The van der Waals surface area contributed by atoms with Crippen LogP contribution in [0.2, 0.25) is 0 Å². The number of hydrogen-bond donors (Lipinski definition) is 3. The molecule has 0 aliphatic carbocycles. The Morgan fingerprint density at radius 2 is 2.33 bits per heavy atom. The SMILES string of the molecule is NC(CCCNCc1cccc([N+](=O)[O-])c1)=NO. The van der Waals surface area contributed by atoms with Crippen LogP contribution in [0.4, 0.5) is 5.69 Å². The fourth-order valence-electron chi connectivity index (χ4n) is 1.46. The van der Waals surface area contributed by atoms with E-state index in [0.717, 1.165) is 12.0 Å². The second kappa shape index (κ2) is 7.23. The van der Waals surface area contributed by atoms with E-state index in [4.69, 9.17) is 10.9 Å². The fourth-order valence-corrected chi connectivity index (χ4v) is 1.46. The maximum absolute atomic E-state index is 10.6. The van der Waals surface area contributed by atoms with Gasteiger partial charge >= 0.3 is 0 Å². The quantitative estimate of drug-likeness (QED) is 0.168. The molecule has 0 aliphatic heterocycles. The van der Waals surface area contributed by atoms with Gasteiger partial charge in [-0.25, -0.2) is 0 Å². The first-order chi connectivity index (χ1) is 8.63. The zero-order valence-electron chi connectivity index (χ0n) is 9.87. The van der Waals surface area contributed by atoms with Gasteiger partial charge in [0.05, 0.1) is 4.92 Å². The Balaban J connectivity index is 2.31. The van der Waals surface area contributed by atoms with Crippen LogP contribution < -0.4 is 11.1 Å². The number of nitrogens with two attached hydrogens (primary N) is 1. The molecule has 98 valence electrons. The van der Waals surface area contributed by atoms with E-state index in [1.54, 1.807) is 6.07 Å². The summed E-state index contributed by atoms with van der Waals surface area (Å²) in [6, 6.07) is 6.48. The third-order valence-electron chi connectivity index (χ3n) is 2.37. The summed E-state index contributed by atoms with van der Waals surface area (Å²) in [7, 11) is 0. The topological polar surface area (TPSA) is 114 Å². The van der Waals surface area contributed by atoms with Crippen LogP contribution >= 0.6 is 0 Å². The number of nitrogens with one attached hydrogen (secondary N) is 1. The Bertz CT molecular complexity index is 434.